The lowest BCUT2D eigenvalue weighted by molar-refractivity contribution is -0.139. The number of para-hydroxylation sites is 1. The van der Waals surface area contributed by atoms with Crippen molar-refractivity contribution in [1.82, 2.24) is 10.7 Å². The summed E-state index contributed by atoms with van der Waals surface area (Å²) in [6.45, 7) is 3.83. The van der Waals surface area contributed by atoms with Crippen LogP contribution >= 0.6 is 11.6 Å². The summed E-state index contributed by atoms with van der Waals surface area (Å²) < 4.78 is 24.7. The molecular weight excluding hydrogens is 455 g/mol. The van der Waals surface area contributed by atoms with E-state index in [0.717, 1.165) is 0 Å². The summed E-state index contributed by atoms with van der Waals surface area (Å²) in [5, 5.41) is 8.69. The summed E-state index contributed by atoms with van der Waals surface area (Å²) in [6.07, 6.45) is 1.97. The van der Waals surface area contributed by atoms with E-state index in [4.69, 9.17) is 21.1 Å². The zero-order valence-electron chi connectivity index (χ0n) is 18.1. The van der Waals surface area contributed by atoms with Gasteiger partial charge in [0.15, 0.2) is 18.1 Å². The molecule has 0 radical (unpaired) electrons. The summed E-state index contributed by atoms with van der Waals surface area (Å²) in [4.78, 5) is 35.3. The molecular formula is C22H24ClFN4O5. The SMILES string of the molecule is CCCNC(=O)C(=O)N/N=C\c1cc(Cl)c(OCC(=O)Nc2ccccc2F)c(OCC)c1. The largest absolute Gasteiger partial charge is 0.490 e. The number of benzene rings is 2. The first-order valence-corrected chi connectivity index (χ1v) is 10.5. The van der Waals surface area contributed by atoms with E-state index in [1.165, 1.54) is 36.5 Å². The van der Waals surface area contributed by atoms with Gasteiger partial charge in [-0.25, -0.2) is 9.82 Å². The molecule has 0 saturated heterocycles. The number of nitrogens with one attached hydrogen (secondary N) is 3. The molecule has 0 aliphatic heterocycles. The van der Waals surface area contributed by atoms with Gasteiger partial charge in [-0.1, -0.05) is 30.7 Å². The normalized spacial score (nSPS) is 10.5. The Balaban J connectivity index is 2.04. The first-order valence-electron chi connectivity index (χ1n) is 10.1. The summed E-state index contributed by atoms with van der Waals surface area (Å²) >= 11 is 6.28. The molecule has 0 atom stereocenters. The predicted octanol–water partition coefficient (Wildman–Crippen LogP) is 2.87. The van der Waals surface area contributed by atoms with E-state index in [0.29, 0.717) is 18.5 Å². The van der Waals surface area contributed by atoms with Crippen molar-refractivity contribution < 1.29 is 28.2 Å². The highest BCUT2D eigenvalue weighted by Crippen LogP contribution is 2.36. The number of nitrogens with zero attached hydrogens (tertiary/aromatic N) is 1. The third kappa shape index (κ3) is 8.08. The van der Waals surface area contributed by atoms with Gasteiger partial charge in [-0.05, 0) is 43.2 Å². The van der Waals surface area contributed by atoms with Crippen LogP contribution in [-0.2, 0) is 14.4 Å². The third-order valence-electron chi connectivity index (χ3n) is 3.95. The van der Waals surface area contributed by atoms with Crippen LogP contribution < -0.4 is 25.5 Å². The molecule has 2 rings (SSSR count). The van der Waals surface area contributed by atoms with Crippen molar-refractivity contribution >= 4 is 41.2 Å². The number of carbonyl (C=O) groups excluding carboxylic acids is 3. The van der Waals surface area contributed by atoms with Crippen molar-refractivity contribution in [3.8, 4) is 11.5 Å². The van der Waals surface area contributed by atoms with Crippen LogP contribution in [0.5, 0.6) is 11.5 Å². The quantitative estimate of drug-likeness (QED) is 0.276. The van der Waals surface area contributed by atoms with Gasteiger partial charge in [-0.15, -0.1) is 0 Å². The molecule has 0 aliphatic rings. The summed E-state index contributed by atoms with van der Waals surface area (Å²) in [6, 6.07) is 8.75. The van der Waals surface area contributed by atoms with Gasteiger partial charge < -0.3 is 20.1 Å². The molecule has 3 N–H and O–H groups in total. The predicted molar refractivity (Wildman–Crippen MR) is 122 cm³/mol. The van der Waals surface area contributed by atoms with Crippen molar-refractivity contribution in [3.05, 3.63) is 52.8 Å². The van der Waals surface area contributed by atoms with Crippen LogP contribution in [0.2, 0.25) is 5.02 Å². The maximum absolute atomic E-state index is 13.7. The van der Waals surface area contributed by atoms with Crippen molar-refractivity contribution in [2.75, 3.05) is 25.1 Å². The Kier molecular flexibility index (Phi) is 10.1. The van der Waals surface area contributed by atoms with Gasteiger partial charge in [0.25, 0.3) is 5.91 Å². The molecule has 11 heteroatoms. The van der Waals surface area contributed by atoms with Crippen LogP contribution in [0.4, 0.5) is 10.1 Å². The Bertz CT molecular complexity index is 1030. The van der Waals surface area contributed by atoms with E-state index in [1.807, 2.05) is 6.92 Å². The van der Waals surface area contributed by atoms with Crippen LogP contribution in [0, 0.1) is 5.82 Å². The number of amides is 3. The van der Waals surface area contributed by atoms with Crippen molar-refractivity contribution in [2.45, 2.75) is 20.3 Å². The molecule has 0 spiro atoms. The Hall–Kier alpha value is -3.66. The van der Waals surface area contributed by atoms with Crippen LogP contribution in [0.1, 0.15) is 25.8 Å². The van der Waals surface area contributed by atoms with Crippen LogP contribution in [0.3, 0.4) is 0 Å². The fourth-order valence-corrected chi connectivity index (χ4v) is 2.76. The van der Waals surface area contributed by atoms with Gasteiger partial charge in [0.1, 0.15) is 5.82 Å². The molecule has 3 amide bonds. The van der Waals surface area contributed by atoms with E-state index in [1.54, 1.807) is 13.0 Å². The van der Waals surface area contributed by atoms with E-state index in [2.05, 4.69) is 21.2 Å². The van der Waals surface area contributed by atoms with Crippen molar-refractivity contribution in [2.24, 2.45) is 5.10 Å². The summed E-state index contributed by atoms with van der Waals surface area (Å²) in [7, 11) is 0. The highest BCUT2D eigenvalue weighted by molar-refractivity contribution is 6.35. The van der Waals surface area contributed by atoms with Gasteiger partial charge in [0.05, 0.1) is 23.5 Å². The minimum atomic E-state index is -0.906. The minimum absolute atomic E-state index is 0.0270. The van der Waals surface area contributed by atoms with Gasteiger partial charge in [-0.2, -0.15) is 5.10 Å². The second-order valence-corrected chi connectivity index (χ2v) is 6.94. The zero-order chi connectivity index (χ0) is 24.2. The molecule has 9 nitrogen and oxygen atoms in total. The van der Waals surface area contributed by atoms with E-state index >= 15 is 0 Å². The number of hydrogen-bond acceptors (Lipinski definition) is 6. The summed E-state index contributed by atoms with van der Waals surface area (Å²) in [5.41, 5.74) is 2.59. The minimum Gasteiger partial charge on any atom is -0.490 e. The number of carbonyl (C=O) groups is 3. The maximum atomic E-state index is 13.7. The van der Waals surface area contributed by atoms with E-state index < -0.39 is 30.1 Å². The summed E-state index contributed by atoms with van der Waals surface area (Å²) in [5.74, 6) is -2.51. The molecule has 0 heterocycles. The fourth-order valence-electron chi connectivity index (χ4n) is 2.49. The Labute approximate surface area is 195 Å². The average molecular weight is 479 g/mol. The molecule has 0 saturated carbocycles. The van der Waals surface area contributed by atoms with Gasteiger partial charge in [-0.3, -0.25) is 14.4 Å². The first kappa shape index (κ1) is 25.6. The molecule has 33 heavy (non-hydrogen) atoms. The highest BCUT2D eigenvalue weighted by Gasteiger charge is 2.15. The lowest BCUT2D eigenvalue weighted by atomic mass is 10.2. The smallest absolute Gasteiger partial charge is 0.329 e. The number of hydrazone groups is 1. The molecule has 0 bridgehead atoms. The Morgan fingerprint density at radius 2 is 1.88 bits per heavy atom. The monoisotopic (exact) mass is 478 g/mol. The number of rotatable bonds is 10. The molecule has 176 valence electrons. The molecule has 0 fully saturated rings. The van der Waals surface area contributed by atoms with Crippen LogP contribution in [-0.4, -0.2) is 43.7 Å². The average Bonchev–Trinajstić information content (AvgIpc) is 2.78. The lowest BCUT2D eigenvalue weighted by Crippen LogP contribution is -2.38. The maximum Gasteiger partial charge on any atom is 0.329 e. The van der Waals surface area contributed by atoms with Gasteiger partial charge in [0, 0.05) is 6.54 Å². The van der Waals surface area contributed by atoms with Crippen LogP contribution in [0.15, 0.2) is 41.5 Å². The fraction of sp³-hybridized carbons (Fsp3) is 0.273. The van der Waals surface area contributed by atoms with Gasteiger partial charge >= 0.3 is 11.8 Å². The van der Waals surface area contributed by atoms with Crippen molar-refractivity contribution in [3.63, 3.8) is 0 Å². The van der Waals surface area contributed by atoms with E-state index in [9.17, 15) is 18.8 Å². The molecule has 0 unspecified atom stereocenters. The lowest BCUT2D eigenvalue weighted by Gasteiger charge is -2.14. The van der Waals surface area contributed by atoms with Crippen molar-refractivity contribution in [1.29, 1.82) is 0 Å². The third-order valence-corrected chi connectivity index (χ3v) is 4.23. The molecule has 2 aromatic rings. The zero-order valence-corrected chi connectivity index (χ0v) is 18.9. The molecule has 0 aromatic heterocycles. The number of ether oxygens (including phenoxy) is 2. The topological polar surface area (TPSA) is 118 Å². The number of hydrogen-bond donors (Lipinski definition) is 3. The van der Waals surface area contributed by atoms with Gasteiger partial charge in [0.2, 0.25) is 0 Å². The standard InChI is InChI=1S/C22H24ClFN4O5/c1-3-9-25-21(30)22(31)28-26-12-14-10-15(23)20(18(11-14)32-4-2)33-13-19(29)27-17-8-6-5-7-16(17)24/h5-8,10-12H,3-4,9,13H2,1-2H3,(H,25,30)(H,27,29)(H,28,31)/b26-12-. The van der Waals surface area contributed by atoms with Crippen LogP contribution in [0.25, 0.3) is 0 Å². The second-order valence-electron chi connectivity index (χ2n) is 6.53. The first-order chi connectivity index (χ1) is 15.8. The molecule has 0 aliphatic carbocycles. The number of halogens is 2. The highest BCUT2D eigenvalue weighted by atomic mass is 35.5. The molecule has 2 aromatic carbocycles. The Morgan fingerprint density at radius 1 is 1.12 bits per heavy atom. The number of anilines is 1. The second kappa shape index (κ2) is 13.0. The van der Waals surface area contributed by atoms with E-state index in [-0.39, 0.29) is 28.8 Å². The Morgan fingerprint density at radius 3 is 2.58 bits per heavy atom.